The third kappa shape index (κ3) is 2.75. The van der Waals surface area contributed by atoms with Crippen LogP contribution >= 0.6 is 0 Å². The number of carbonyl (C=O) groups is 1. The number of hydrogen-bond donors (Lipinski definition) is 2. The molecule has 26 heavy (non-hydrogen) atoms. The topological polar surface area (TPSA) is 79.8 Å². The number of amides is 1. The highest BCUT2D eigenvalue weighted by atomic mass is 19.1. The number of fused-ring (bicyclic) bond motifs is 1. The molecule has 0 aliphatic rings. The predicted molar refractivity (Wildman–Crippen MR) is 96.0 cm³/mol. The van der Waals surface area contributed by atoms with Crippen molar-refractivity contribution in [1.29, 1.82) is 0 Å². The van der Waals surface area contributed by atoms with Gasteiger partial charge in [0, 0.05) is 23.5 Å². The van der Waals surface area contributed by atoms with Gasteiger partial charge in [-0.25, -0.2) is 9.49 Å². The van der Waals surface area contributed by atoms with Crippen LogP contribution in [0.4, 0.5) is 10.1 Å². The molecule has 0 fully saturated rings. The highest BCUT2D eigenvalue weighted by molar-refractivity contribution is 6.11. The van der Waals surface area contributed by atoms with E-state index in [0.717, 1.165) is 0 Å². The summed E-state index contributed by atoms with van der Waals surface area (Å²) in [4.78, 5) is 24.4. The Hall–Kier alpha value is -3.74. The highest BCUT2D eigenvalue weighted by Crippen LogP contribution is 2.21. The SMILES string of the molecule is O=C(Nc1cc(-n2cccc2)ccc1F)c1n[nH]c(=O)c2ccccc12. The lowest BCUT2D eigenvalue weighted by molar-refractivity contribution is 0.102. The Balaban J connectivity index is 1.73. The molecule has 0 atom stereocenters. The molecule has 128 valence electrons. The summed E-state index contributed by atoms with van der Waals surface area (Å²) < 4.78 is 16.0. The van der Waals surface area contributed by atoms with E-state index in [1.54, 1.807) is 34.9 Å². The summed E-state index contributed by atoms with van der Waals surface area (Å²) in [7, 11) is 0. The zero-order valence-corrected chi connectivity index (χ0v) is 13.4. The first-order valence-electron chi connectivity index (χ1n) is 7.85. The molecule has 0 aliphatic heterocycles. The molecule has 0 unspecified atom stereocenters. The molecule has 0 aliphatic carbocycles. The second-order valence-electron chi connectivity index (χ2n) is 5.66. The number of rotatable bonds is 3. The zero-order valence-electron chi connectivity index (χ0n) is 13.4. The van der Waals surface area contributed by atoms with E-state index < -0.39 is 17.3 Å². The number of anilines is 1. The molecule has 2 aromatic carbocycles. The number of nitrogens with one attached hydrogen (secondary N) is 2. The van der Waals surface area contributed by atoms with Crippen LogP contribution < -0.4 is 10.9 Å². The number of nitrogens with zero attached hydrogens (tertiary/aromatic N) is 2. The van der Waals surface area contributed by atoms with Crippen LogP contribution in [0.5, 0.6) is 0 Å². The van der Waals surface area contributed by atoms with Crippen molar-refractivity contribution in [3.63, 3.8) is 0 Å². The number of carbonyl (C=O) groups excluding carboxylic acids is 1. The lowest BCUT2D eigenvalue weighted by Gasteiger charge is -2.10. The van der Waals surface area contributed by atoms with Crippen LogP contribution in [0.3, 0.4) is 0 Å². The van der Waals surface area contributed by atoms with E-state index in [0.29, 0.717) is 16.5 Å². The fourth-order valence-electron chi connectivity index (χ4n) is 2.75. The molecule has 4 aromatic rings. The molecule has 0 saturated heterocycles. The number of aromatic amines is 1. The van der Waals surface area contributed by atoms with Crippen molar-refractivity contribution >= 4 is 22.4 Å². The molecular weight excluding hydrogens is 335 g/mol. The fraction of sp³-hybridized carbons (Fsp3) is 0. The lowest BCUT2D eigenvalue weighted by atomic mass is 10.1. The Labute approximate surface area is 146 Å². The molecule has 2 N–H and O–H groups in total. The van der Waals surface area contributed by atoms with Gasteiger partial charge in [-0.3, -0.25) is 9.59 Å². The number of benzene rings is 2. The van der Waals surface area contributed by atoms with Gasteiger partial charge in [0.1, 0.15) is 5.82 Å². The van der Waals surface area contributed by atoms with E-state index in [1.807, 2.05) is 24.5 Å². The van der Waals surface area contributed by atoms with Gasteiger partial charge in [-0.2, -0.15) is 5.10 Å². The summed E-state index contributed by atoms with van der Waals surface area (Å²) in [5, 5.41) is 9.39. The second-order valence-corrected chi connectivity index (χ2v) is 5.66. The van der Waals surface area contributed by atoms with Crippen LogP contribution in [0.1, 0.15) is 10.5 Å². The molecule has 1 amide bonds. The van der Waals surface area contributed by atoms with Crippen LogP contribution in [-0.4, -0.2) is 20.7 Å². The van der Waals surface area contributed by atoms with Gasteiger partial charge >= 0.3 is 0 Å². The fourth-order valence-corrected chi connectivity index (χ4v) is 2.75. The molecule has 0 spiro atoms. The summed E-state index contributed by atoms with van der Waals surface area (Å²) in [5.74, 6) is -1.18. The van der Waals surface area contributed by atoms with Crippen molar-refractivity contribution in [3.05, 3.63) is 88.9 Å². The molecule has 0 radical (unpaired) electrons. The Morgan fingerprint density at radius 1 is 1.04 bits per heavy atom. The lowest BCUT2D eigenvalue weighted by Crippen LogP contribution is -2.19. The van der Waals surface area contributed by atoms with Crippen molar-refractivity contribution in [2.75, 3.05) is 5.32 Å². The maximum absolute atomic E-state index is 14.2. The van der Waals surface area contributed by atoms with Gasteiger partial charge in [-0.1, -0.05) is 18.2 Å². The van der Waals surface area contributed by atoms with Gasteiger partial charge in [0.15, 0.2) is 5.69 Å². The third-order valence-corrected chi connectivity index (χ3v) is 4.01. The van der Waals surface area contributed by atoms with E-state index in [1.165, 1.54) is 12.1 Å². The molecule has 6 nitrogen and oxygen atoms in total. The monoisotopic (exact) mass is 348 g/mol. The number of aromatic nitrogens is 3. The normalized spacial score (nSPS) is 10.8. The van der Waals surface area contributed by atoms with Gasteiger partial charge < -0.3 is 9.88 Å². The van der Waals surface area contributed by atoms with Gasteiger partial charge in [0.2, 0.25) is 0 Å². The predicted octanol–water partition coefficient (Wildman–Crippen LogP) is 3.11. The van der Waals surface area contributed by atoms with Crippen LogP contribution in [0.15, 0.2) is 71.8 Å². The second kappa shape index (κ2) is 6.29. The van der Waals surface area contributed by atoms with Crippen molar-refractivity contribution in [1.82, 2.24) is 14.8 Å². The molecule has 0 saturated carbocycles. The molecular formula is C19H13FN4O2. The van der Waals surface area contributed by atoms with Crippen molar-refractivity contribution in [2.45, 2.75) is 0 Å². The van der Waals surface area contributed by atoms with E-state index >= 15 is 0 Å². The average molecular weight is 348 g/mol. The third-order valence-electron chi connectivity index (χ3n) is 4.01. The first-order chi connectivity index (χ1) is 12.6. The first-order valence-corrected chi connectivity index (χ1v) is 7.85. The summed E-state index contributed by atoms with van der Waals surface area (Å²) in [6.07, 6.45) is 3.63. The number of halogens is 1. The van der Waals surface area contributed by atoms with Gasteiger partial charge in [0.25, 0.3) is 11.5 Å². The van der Waals surface area contributed by atoms with E-state index in [-0.39, 0.29) is 11.4 Å². The Bertz CT molecular complexity index is 1170. The van der Waals surface area contributed by atoms with Gasteiger partial charge in [-0.15, -0.1) is 0 Å². The van der Waals surface area contributed by atoms with E-state index in [9.17, 15) is 14.0 Å². The van der Waals surface area contributed by atoms with Gasteiger partial charge in [-0.05, 0) is 36.4 Å². The molecule has 2 heterocycles. The summed E-state index contributed by atoms with van der Waals surface area (Å²) in [5.41, 5.74) is 0.355. The Morgan fingerprint density at radius 2 is 1.77 bits per heavy atom. The number of H-pyrrole nitrogens is 1. The summed E-state index contributed by atoms with van der Waals surface area (Å²) in [6, 6.07) is 14.7. The zero-order chi connectivity index (χ0) is 18.1. The van der Waals surface area contributed by atoms with E-state index in [2.05, 4.69) is 15.5 Å². The largest absolute Gasteiger partial charge is 0.324 e. The number of hydrogen-bond acceptors (Lipinski definition) is 3. The minimum atomic E-state index is -0.610. The van der Waals surface area contributed by atoms with Crippen molar-refractivity contribution < 1.29 is 9.18 Å². The van der Waals surface area contributed by atoms with Crippen molar-refractivity contribution in [3.8, 4) is 5.69 Å². The first kappa shape index (κ1) is 15.8. The van der Waals surface area contributed by atoms with Crippen LogP contribution in [-0.2, 0) is 0 Å². The molecule has 0 bridgehead atoms. The Kier molecular flexibility index (Phi) is 3.81. The minimum Gasteiger partial charge on any atom is -0.324 e. The Morgan fingerprint density at radius 3 is 2.54 bits per heavy atom. The maximum Gasteiger partial charge on any atom is 0.276 e. The average Bonchev–Trinajstić information content (AvgIpc) is 3.19. The smallest absolute Gasteiger partial charge is 0.276 e. The molecule has 2 aromatic heterocycles. The molecule has 4 rings (SSSR count). The highest BCUT2D eigenvalue weighted by Gasteiger charge is 2.16. The van der Waals surface area contributed by atoms with Crippen LogP contribution in [0.25, 0.3) is 16.5 Å². The molecule has 7 heteroatoms. The minimum absolute atomic E-state index is 0.0194. The van der Waals surface area contributed by atoms with Gasteiger partial charge in [0.05, 0.1) is 11.1 Å². The van der Waals surface area contributed by atoms with Crippen molar-refractivity contribution in [2.24, 2.45) is 0 Å². The standard InChI is InChI=1S/C19H13FN4O2/c20-15-8-7-12(24-9-3-4-10-24)11-16(15)21-19(26)17-13-5-1-2-6-14(13)18(25)23-22-17/h1-11H,(H,21,26)(H,23,25). The summed E-state index contributed by atoms with van der Waals surface area (Å²) in [6.45, 7) is 0. The summed E-state index contributed by atoms with van der Waals surface area (Å²) >= 11 is 0. The van der Waals surface area contributed by atoms with E-state index in [4.69, 9.17) is 0 Å². The van der Waals surface area contributed by atoms with Crippen LogP contribution in [0.2, 0.25) is 0 Å². The van der Waals surface area contributed by atoms with Crippen LogP contribution in [0, 0.1) is 5.82 Å². The quantitative estimate of drug-likeness (QED) is 0.597. The maximum atomic E-state index is 14.2.